The smallest absolute Gasteiger partial charge is 0.326 e. The van der Waals surface area contributed by atoms with Crippen molar-refractivity contribution in [2.24, 2.45) is 7.05 Å². The molecule has 1 amide bonds. The van der Waals surface area contributed by atoms with E-state index in [1.165, 1.54) is 0 Å². The van der Waals surface area contributed by atoms with Crippen molar-refractivity contribution < 1.29 is 28.2 Å². The number of carbonyl (C=O) groups excluding carboxylic acids is 1. The summed E-state index contributed by atoms with van der Waals surface area (Å²) in [5.41, 5.74) is 2.75. The standard InChI is InChI=1S/C33H33F2N3O5/c1-18-13-19(2)37(4)32(40)29(18)25-10-9-21(23-7-5-6-8-24(23)25)14-28(33(41)42)36-31(39)30-26(34)15-22(16-27(30)35)38-11-12-43-17-20(38)3/h5-10,13,15-16,20,28H,11-12,14,17H2,1-4H3,(H,36,39)(H,41,42)/t20-,28-/m0/s1. The lowest BCUT2D eigenvalue weighted by Crippen LogP contribution is -2.44. The molecular weight excluding hydrogens is 556 g/mol. The molecule has 0 radical (unpaired) electrons. The topological polar surface area (TPSA) is 101 Å². The van der Waals surface area contributed by atoms with E-state index in [1.54, 1.807) is 34.7 Å². The van der Waals surface area contributed by atoms with Gasteiger partial charge in [-0.15, -0.1) is 0 Å². The minimum absolute atomic E-state index is 0.109. The Morgan fingerprint density at radius 3 is 2.40 bits per heavy atom. The molecular formula is C33H33F2N3O5. The highest BCUT2D eigenvalue weighted by Gasteiger charge is 2.28. The van der Waals surface area contributed by atoms with Gasteiger partial charge in [-0.3, -0.25) is 9.59 Å². The number of fused-ring (bicyclic) bond motifs is 1. The van der Waals surface area contributed by atoms with Crippen LogP contribution in [0, 0.1) is 25.5 Å². The lowest BCUT2D eigenvalue weighted by molar-refractivity contribution is -0.139. The summed E-state index contributed by atoms with van der Waals surface area (Å²) in [5, 5.41) is 13.7. The second-order valence-electron chi connectivity index (χ2n) is 11.0. The summed E-state index contributed by atoms with van der Waals surface area (Å²) in [6.07, 6.45) is -0.153. The van der Waals surface area contributed by atoms with E-state index in [0.717, 1.165) is 28.8 Å². The molecule has 0 unspecified atom stereocenters. The van der Waals surface area contributed by atoms with Gasteiger partial charge >= 0.3 is 5.97 Å². The lowest BCUT2D eigenvalue weighted by Gasteiger charge is -2.35. The van der Waals surface area contributed by atoms with Gasteiger partial charge < -0.3 is 24.6 Å². The van der Waals surface area contributed by atoms with E-state index in [9.17, 15) is 19.5 Å². The van der Waals surface area contributed by atoms with E-state index in [-0.39, 0.29) is 23.7 Å². The molecule has 10 heteroatoms. The minimum atomic E-state index is -1.48. The predicted molar refractivity (Wildman–Crippen MR) is 161 cm³/mol. The van der Waals surface area contributed by atoms with Crippen LogP contribution in [0.15, 0.2) is 59.4 Å². The fourth-order valence-corrected chi connectivity index (χ4v) is 5.77. The van der Waals surface area contributed by atoms with Crippen molar-refractivity contribution in [3.8, 4) is 11.1 Å². The van der Waals surface area contributed by atoms with Gasteiger partial charge in [0.2, 0.25) is 0 Å². The maximum absolute atomic E-state index is 15.1. The highest BCUT2D eigenvalue weighted by molar-refractivity contribution is 6.00. The largest absolute Gasteiger partial charge is 0.480 e. The molecule has 0 aliphatic carbocycles. The Morgan fingerprint density at radius 1 is 1.07 bits per heavy atom. The SMILES string of the molecule is Cc1cc(C)n(C)c(=O)c1-c1ccc(C[C@H](NC(=O)c2c(F)cc(N3CCOC[C@@H]3C)cc2F)C(=O)O)c2ccccc12. The number of amides is 1. The number of aliphatic carboxylic acids is 1. The van der Waals surface area contributed by atoms with Gasteiger partial charge in [0.1, 0.15) is 23.2 Å². The first-order valence-electron chi connectivity index (χ1n) is 14.0. The fourth-order valence-electron chi connectivity index (χ4n) is 5.77. The normalized spacial score (nSPS) is 15.9. The van der Waals surface area contributed by atoms with Crippen molar-refractivity contribution in [3.05, 3.63) is 99.0 Å². The number of hydrogen-bond acceptors (Lipinski definition) is 5. The zero-order valence-electron chi connectivity index (χ0n) is 24.4. The molecule has 224 valence electrons. The molecule has 8 nitrogen and oxygen atoms in total. The van der Waals surface area contributed by atoms with Crippen LogP contribution in [0.1, 0.15) is 34.1 Å². The van der Waals surface area contributed by atoms with Gasteiger partial charge in [0.25, 0.3) is 11.5 Å². The van der Waals surface area contributed by atoms with Crippen molar-refractivity contribution in [1.29, 1.82) is 0 Å². The third-order valence-corrected chi connectivity index (χ3v) is 8.13. The van der Waals surface area contributed by atoms with E-state index in [2.05, 4.69) is 5.32 Å². The fraction of sp³-hybridized carbons (Fsp3) is 0.303. The number of nitrogens with zero attached hydrogens (tertiary/aromatic N) is 2. The summed E-state index contributed by atoms with van der Waals surface area (Å²) in [6.45, 7) is 6.85. The van der Waals surface area contributed by atoms with E-state index in [1.807, 2.05) is 45.0 Å². The Labute approximate surface area is 247 Å². The molecule has 2 N–H and O–H groups in total. The number of ether oxygens (including phenoxy) is 1. The van der Waals surface area contributed by atoms with Crippen LogP contribution in [0.2, 0.25) is 0 Å². The molecule has 2 heterocycles. The number of pyridine rings is 1. The minimum Gasteiger partial charge on any atom is -0.480 e. The number of hydrogen-bond donors (Lipinski definition) is 2. The third-order valence-electron chi connectivity index (χ3n) is 8.13. The maximum Gasteiger partial charge on any atom is 0.326 e. The Bertz CT molecular complexity index is 1780. The number of halogens is 2. The summed E-state index contributed by atoms with van der Waals surface area (Å²) in [5.74, 6) is -4.69. The highest BCUT2D eigenvalue weighted by atomic mass is 19.1. The number of carboxylic acid groups (broad SMARTS) is 1. The molecule has 1 aromatic heterocycles. The zero-order valence-corrected chi connectivity index (χ0v) is 24.4. The average molecular weight is 590 g/mol. The zero-order chi connectivity index (χ0) is 31.0. The van der Waals surface area contributed by atoms with Crippen LogP contribution in [0.4, 0.5) is 14.5 Å². The van der Waals surface area contributed by atoms with E-state index in [0.29, 0.717) is 41.8 Å². The van der Waals surface area contributed by atoms with Crippen molar-refractivity contribution in [2.75, 3.05) is 24.7 Å². The van der Waals surface area contributed by atoms with Crippen LogP contribution in [-0.4, -0.2) is 53.4 Å². The molecule has 43 heavy (non-hydrogen) atoms. The number of morpholine rings is 1. The quantitative estimate of drug-likeness (QED) is 0.323. The first-order valence-corrected chi connectivity index (χ1v) is 14.0. The van der Waals surface area contributed by atoms with Crippen LogP contribution >= 0.6 is 0 Å². The third kappa shape index (κ3) is 5.75. The van der Waals surface area contributed by atoms with Crippen LogP contribution in [-0.2, 0) is 23.0 Å². The summed E-state index contributed by atoms with van der Waals surface area (Å²) in [7, 11) is 1.71. The molecule has 0 spiro atoms. The molecule has 5 rings (SSSR count). The second-order valence-corrected chi connectivity index (χ2v) is 11.0. The van der Waals surface area contributed by atoms with Gasteiger partial charge in [-0.05, 0) is 66.4 Å². The molecule has 1 aliphatic rings. The van der Waals surface area contributed by atoms with Gasteiger partial charge in [0, 0.05) is 37.4 Å². The number of carboxylic acids is 1. The molecule has 1 aliphatic heterocycles. The number of aromatic nitrogens is 1. The number of nitrogens with one attached hydrogen (secondary N) is 1. The highest BCUT2D eigenvalue weighted by Crippen LogP contribution is 2.32. The summed E-state index contributed by atoms with van der Waals surface area (Å²) in [6, 6.07) is 13.3. The van der Waals surface area contributed by atoms with Crippen molar-refractivity contribution >= 4 is 28.3 Å². The number of rotatable bonds is 7. The number of aryl methyl sites for hydroxylation is 2. The van der Waals surface area contributed by atoms with Gasteiger partial charge in [-0.2, -0.15) is 0 Å². The molecule has 0 saturated carbocycles. The number of benzene rings is 3. The van der Waals surface area contributed by atoms with Gasteiger partial charge in [0.05, 0.1) is 18.8 Å². The van der Waals surface area contributed by atoms with Crippen LogP contribution in [0.5, 0.6) is 0 Å². The average Bonchev–Trinajstić information content (AvgIpc) is 2.96. The molecule has 1 fully saturated rings. The van der Waals surface area contributed by atoms with E-state index >= 15 is 8.78 Å². The molecule has 4 aromatic rings. The Balaban J connectivity index is 1.46. The van der Waals surface area contributed by atoms with Crippen LogP contribution < -0.4 is 15.8 Å². The maximum atomic E-state index is 15.1. The van der Waals surface area contributed by atoms with Crippen molar-refractivity contribution in [2.45, 2.75) is 39.3 Å². The Morgan fingerprint density at radius 2 is 1.74 bits per heavy atom. The van der Waals surface area contributed by atoms with E-state index in [4.69, 9.17) is 4.74 Å². The van der Waals surface area contributed by atoms with Gasteiger partial charge in [-0.1, -0.05) is 36.4 Å². The molecule has 1 saturated heterocycles. The number of anilines is 1. The van der Waals surface area contributed by atoms with Gasteiger partial charge in [-0.25, -0.2) is 13.6 Å². The first kappa shape index (κ1) is 29.9. The second kappa shape index (κ2) is 12.0. The lowest BCUT2D eigenvalue weighted by atomic mass is 9.91. The van der Waals surface area contributed by atoms with E-state index < -0.39 is 35.1 Å². The van der Waals surface area contributed by atoms with Gasteiger partial charge in [0.15, 0.2) is 0 Å². The Hall–Kier alpha value is -4.57. The van der Waals surface area contributed by atoms with Crippen molar-refractivity contribution in [3.63, 3.8) is 0 Å². The first-order chi connectivity index (χ1) is 20.5. The summed E-state index contributed by atoms with van der Waals surface area (Å²) < 4.78 is 37.2. The summed E-state index contributed by atoms with van der Waals surface area (Å²) >= 11 is 0. The van der Waals surface area contributed by atoms with Crippen LogP contribution in [0.25, 0.3) is 21.9 Å². The Kier molecular flexibility index (Phi) is 8.32. The number of carbonyl (C=O) groups is 2. The molecule has 0 bridgehead atoms. The summed E-state index contributed by atoms with van der Waals surface area (Å²) in [4.78, 5) is 40.3. The van der Waals surface area contributed by atoms with Crippen molar-refractivity contribution in [1.82, 2.24) is 9.88 Å². The predicted octanol–water partition coefficient (Wildman–Crippen LogP) is 4.75. The molecule has 2 atom stereocenters. The molecule has 3 aromatic carbocycles. The monoisotopic (exact) mass is 589 g/mol. The van der Waals surface area contributed by atoms with Crippen LogP contribution in [0.3, 0.4) is 0 Å².